The van der Waals surface area contributed by atoms with Crippen molar-refractivity contribution in [3.63, 3.8) is 0 Å². The third kappa shape index (κ3) is 4.19. The Hall–Kier alpha value is -1.92. The number of benzene rings is 1. The number of aryl methyl sites for hydroxylation is 1. The molecule has 134 valence electrons. The summed E-state index contributed by atoms with van der Waals surface area (Å²) in [5, 5.41) is 4.60. The lowest BCUT2D eigenvalue weighted by Gasteiger charge is -2.36. The molecule has 0 bridgehead atoms. The van der Waals surface area contributed by atoms with Crippen molar-refractivity contribution in [1.82, 2.24) is 19.9 Å². The quantitative estimate of drug-likeness (QED) is 0.818. The van der Waals surface area contributed by atoms with Gasteiger partial charge in [0.15, 0.2) is 5.82 Å². The minimum atomic E-state index is 0.0635. The summed E-state index contributed by atoms with van der Waals surface area (Å²) in [7, 11) is 0. The Bertz CT molecular complexity index is 725. The summed E-state index contributed by atoms with van der Waals surface area (Å²) >= 11 is 6.15. The normalized spacial score (nSPS) is 16.8. The number of hydrogen-bond acceptors (Lipinski definition) is 5. The standard InChI is InChI=1S/C18H23ClN4O2/c1-3-16-20-18(25-21-16)13(2)22-8-10-23(11-9-22)17(24)12-14-6-4-5-7-15(14)19/h4-7,13H,3,8-12H2,1-2H3/t13-/m0/s1. The molecule has 1 aromatic heterocycles. The van der Waals surface area contributed by atoms with E-state index < -0.39 is 0 Å². The first-order valence-electron chi connectivity index (χ1n) is 8.66. The summed E-state index contributed by atoms with van der Waals surface area (Å²) in [6.07, 6.45) is 1.11. The van der Waals surface area contributed by atoms with E-state index in [4.69, 9.17) is 16.1 Å². The second kappa shape index (κ2) is 7.97. The third-order valence-electron chi connectivity index (χ3n) is 4.67. The van der Waals surface area contributed by atoms with E-state index in [2.05, 4.69) is 22.0 Å². The minimum absolute atomic E-state index is 0.0635. The van der Waals surface area contributed by atoms with Crippen LogP contribution in [0, 0.1) is 0 Å². The summed E-state index contributed by atoms with van der Waals surface area (Å²) in [5.74, 6) is 1.49. The molecule has 0 spiro atoms. The van der Waals surface area contributed by atoms with E-state index in [-0.39, 0.29) is 11.9 Å². The number of nitrogens with zero attached hydrogens (tertiary/aromatic N) is 4. The first kappa shape index (κ1) is 17.9. The van der Waals surface area contributed by atoms with E-state index in [9.17, 15) is 4.79 Å². The molecule has 25 heavy (non-hydrogen) atoms. The van der Waals surface area contributed by atoms with Crippen LogP contribution in [0.15, 0.2) is 28.8 Å². The van der Waals surface area contributed by atoms with Crippen molar-refractivity contribution in [2.45, 2.75) is 32.7 Å². The van der Waals surface area contributed by atoms with Crippen LogP contribution in [0.25, 0.3) is 0 Å². The molecule has 2 heterocycles. The Morgan fingerprint density at radius 3 is 2.64 bits per heavy atom. The van der Waals surface area contributed by atoms with Crippen LogP contribution < -0.4 is 0 Å². The van der Waals surface area contributed by atoms with Crippen LogP contribution in [-0.2, 0) is 17.6 Å². The fourth-order valence-electron chi connectivity index (χ4n) is 3.01. The first-order valence-corrected chi connectivity index (χ1v) is 9.04. The van der Waals surface area contributed by atoms with Gasteiger partial charge in [0.2, 0.25) is 11.8 Å². The third-order valence-corrected chi connectivity index (χ3v) is 5.04. The fraction of sp³-hybridized carbons (Fsp3) is 0.500. The predicted molar refractivity (Wildman–Crippen MR) is 95.4 cm³/mol. The molecule has 0 saturated carbocycles. The lowest BCUT2D eigenvalue weighted by Crippen LogP contribution is -2.49. The van der Waals surface area contributed by atoms with Crippen molar-refractivity contribution in [3.8, 4) is 0 Å². The fourth-order valence-corrected chi connectivity index (χ4v) is 3.21. The number of amides is 1. The highest BCUT2D eigenvalue weighted by Crippen LogP contribution is 2.21. The van der Waals surface area contributed by atoms with Crippen molar-refractivity contribution in [1.29, 1.82) is 0 Å². The smallest absolute Gasteiger partial charge is 0.243 e. The van der Waals surface area contributed by atoms with Gasteiger partial charge in [-0.2, -0.15) is 4.98 Å². The predicted octanol–water partition coefficient (Wildman–Crippen LogP) is 2.73. The molecule has 0 N–H and O–H groups in total. The van der Waals surface area contributed by atoms with Crippen LogP contribution >= 0.6 is 11.6 Å². The second-order valence-corrected chi connectivity index (χ2v) is 6.67. The Balaban J connectivity index is 1.54. The molecule has 2 aromatic rings. The average molecular weight is 363 g/mol. The SMILES string of the molecule is CCc1noc([C@H](C)N2CCN(C(=O)Cc3ccccc3Cl)CC2)n1. The van der Waals surface area contributed by atoms with Crippen LogP contribution in [0.4, 0.5) is 0 Å². The molecule has 6 nitrogen and oxygen atoms in total. The van der Waals surface area contributed by atoms with E-state index in [1.807, 2.05) is 36.1 Å². The molecular weight excluding hydrogens is 340 g/mol. The van der Waals surface area contributed by atoms with Crippen LogP contribution in [-0.4, -0.2) is 52.0 Å². The van der Waals surface area contributed by atoms with Crippen molar-refractivity contribution in [2.75, 3.05) is 26.2 Å². The number of halogens is 1. The summed E-state index contributed by atoms with van der Waals surface area (Å²) < 4.78 is 5.34. The lowest BCUT2D eigenvalue weighted by atomic mass is 10.1. The number of carbonyl (C=O) groups is 1. The molecule has 1 aromatic carbocycles. The first-order chi connectivity index (χ1) is 12.1. The van der Waals surface area contributed by atoms with Crippen molar-refractivity contribution in [2.24, 2.45) is 0 Å². The zero-order valence-electron chi connectivity index (χ0n) is 14.6. The molecular formula is C18H23ClN4O2. The highest BCUT2D eigenvalue weighted by atomic mass is 35.5. The zero-order valence-corrected chi connectivity index (χ0v) is 15.4. The molecule has 1 saturated heterocycles. The van der Waals surface area contributed by atoms with Gasteiger partial charge in [-0.25, -0.2) is 0 Å². The topological polar surface area (TPSA) is 62.5 Å². The van der Waals surface area contributed by atoms with Crippen molar-refractivity contribution in [3.05, 3.63) is 46.6 Å². The van der Waals surface area contributed by atoms with Gasteiger partial charge in [-0.15, -0.1) is 0 Å². The average Bonchev–Trinajstić information content (AvgIpc) is 3.12. The van der Waals surface area contributed by atoms with Gasteiger partial charge in [-0.3, -0.25) is 9.69 Å². The van der Waals surface area contributed by atoms with E-state index in [1.165, 1.54) is 0 Å². The van der Waals surface area contributed by atoms with Crippen LogP contribution in [0.2, 0.25) is 5.02 Å². The molecule has 3 rings (SSSR count). The van der Waals surface area contributed by atoms with Gasteiger partial charge in [0.1, 0.15) is 0 Å². The molecule has 7 heteroatoms. The van der Waals surface area contributed by atoms with Gasteiger partial charge < -0.3 is 9.42 Å². The molecule has 1 amide bonds. The molecule has 1 fully saturated rings. The Labute approximate surface area is 152 Å². The second-order valence-electron chi connectivity index (χ2n) is 6.26. The monoisotopic (exact) mass is 362 g/mol. The number of hydrogen-bond donors (Lipinski definition) is 0. The summed E-state index contributed by atoms with van der Waals surface area (Å²) in [6.45, 7) is 7.04. The van der Waals surface area contributed by atoms with E-state index >= 15 is 0 Å². The summed E-state index contributed by atoms with van der Waals surface area (Å²) in [5.41, 5.74) is 0.878. The van der Waals surface area contributed by atoms with Gasteiger partial charge >= 0.3 is 0 Å². The van der Waals surface area contributed by atoms with Crippen LogP contribution in [0.3, 0.4) is 0 Å². The number of carbonyl (C=O) groups excluding carboxylic acids is 1. The maximum atomic E-state index is 12.5. The van der Waals surface area contributed by atoms with Crippen LogP contribution in [0.1, 0.15) is 37.2 Å². The maximum absolute atomic E-state index is 12.5. The largest absolute Gasteiger partial charge is 0.340 e. The molecule has 0 radical (unpaired) electrons. The van der Waals surface area contributed by atoms with Crippen molar-refractivity contribution >= 4 is 17.5 Å². The van der Waals surface area contributed by atoms with Crippen LogP contribution in [0.5, 0.6) is 0 Å². The molecule has 1 aliphatic rings. The number of piperazine rings is 1. The highest BCUT2D eigenvalue weighted by molar-refractivity contribution is 6.31. The Morgan fingerprint density at radius 1 is 1.28 bits per heavy atom. The molecule has 0 unspecified atom stereocenters. The van der Waals surface area contributed by atoms with E-state index in [0.717, 1.165) is 30.9 Å². The van der Waals surface area contributed by atoms with Gasteiger partial charge in [0, 0.05) is 37.6 Å². The summed E-state index contributed by atoms with van der Waals surface area (Å²) in [4.78, 5) is 21.1. The van der Waals surface area contributed by atoms with Gasteiger partial charge in [0.05, 0.1) is 12.5 Å². The summed E-state index contributed by atoms with van der Waals surface area (Å²) in [6, 6.07) is 7.56. The van der Waals surface area contributed by atoms with Gasteiger partial charge in [0.25, 0.3) is 0 Å². The van der Waals surface area contributed by atoms with Crippen molar-refractivity contribution < 1.29 is 9.32 Å². The number of aromatic nitrogens is 2. The minimum Gasteiger partial charge on any atom is -0.340 e. The van der Waals surface area contributed by atoms with E-state index in [1.54, 1.807) is 0 Å². The Kier molecular flexibility index (Phi) is 5.71. The zero-order chi connectivity index (χ0) is 17.8. The number of rotatable bonds is 5. The molecule has 0 aliphatic carbocycles. The molecule has 1 aliphatic heterocycles. The Morgan fingerprint density at radius 2 is 2.00 bits per heavy atom. The molecule has 1 atom stereocenters. The van der Waals surface area contributed by atoms with Gasteiger partial charge in [-0.1, -0.05) is 41.9 Å². The van der Waals surface area contributed by atoms with E-state index in [0.29, 0.717) is 30.4 Å². The lowest BCUT2D eigenvalue weighted by molar-refractivity contribution is -0.132. The van der Waals surface area contributed by atoms with Gasteiger partial charge in [-0.05, 0) is 18.6 Å². The highest BCUT2D eigenvalue weighted by Gasteiger charge is 2.27. The maximum Gasteiger partial charge on any atom is 0.243 e.